The molecule has 1 saturated heterocycles. The number of carbonyl (C=O) groups is 1. The second kappa shape index (κ2) is 7.54. The average molecular weight is 319 g/mol. The van der Waals surface area contributed by atoms with Crippen molar-refractivity contribution in [3.63, 3.8) is 0 Å². The van der Waals surface area contributed by atoms with Crippen LogP contribution in [-0.4, -0.2) is 59.6 Å². The van der Waals surface area contributed by atoms with Gasteiger partial charge in [-0.25, -0.2) is 4.98 Å². The Morgan fingerprint density at radius 3 is 3.17 bits per heavy atom. The number of aliphatic hydroxyl groups excluding tert-OH is 1. The smallest absolute Gasteiger partial charge is 0.227 e. The topological polar surface area (TPSA) is 96.5 Å². The Hall–Kier alpha value is -1.96. The number of rotatable bonds is 6. The summed E-state index contributed by atoms with van der Waals surface area (Å²) in [6.07, 6.45) is 0.753. The van der Waals surface area contributed by atoms with Gasteiger partial charge < -0.3 is 24.9 Å². The standard InChI is InChI=1S/C16H21N3O4/c20-6-8-23-14-5-7-22-10-13(14)19-16(21)9-15-17-11-3-1-2-4-12(11)18-15/h1-4,13-14,20H,5-10H2,(H,17,18)(H,19,21)/t13-,14+/m0/s1. The molecule has 1 aromatic heterocycles. The van der Waals surface area contributed by atoms with Crippen LogP contribution < -0.4 is 5.32 Å². The Morgan fingerprint density at radius 1 is 1.48 bits per heavy atom. The third kappa shape index (κ3) is 4.07. The Kier molecular flexibility index (Phi) is 5.22. The Labute approximate surface area is 134 Å². The number of fused-ring (bicyclic) bond motifs is 1. The number of nitrogens with one attached hydrogen (secondary N) is 2. The molecule has 7 nitrogen and oxygen atoms in total. The largest absolute Gasteiger partial charge is 0.394 e. The lowest BCUT2D eigenvalue weighted by atomic mass is 10.1. The molecule has 2 aromatic rings. The van der Waals surface area contributed by atoms with Crippen molar-refractivity contribution in [2.75, 3.05) is 26.4 Å². The number of benzene rings is 1. The number of hydrogen-bond acceptors (Lipinski definition) is 5. The van der Waals surface area contributed by atoms with E-state index >= 15 is 0 Å². The van der Waals surface area contributed by atoms with Crippen LogP contribution >= 0.6 is 0 Å². The molecule has 1 aliphatic heterocycles. The van der Waals surface area contributed by atoms with Gasteiger partial charge in [0.05, 0.1) is 49.4 Å². The van der Waals surface area contributed by atoms with E-state index in [2.05, 4.69) is 15.3 Å². The Morgan fingerprint density at radius 2 is 2.35 bits per heavy atom. The van der Waals surface area contributed by atoms with E-state index in [0.717, 1.165) is 11.0 Å². The summed E-state index contributed by atoms with van der Waals surface area (Å²) in [5, 5.41) is 11.8. The predicted octanol–water partition coefficient (Wildman–Crippen LogP) is 0.388. The minimum Gasteiger partial charge on any atom is -0.394 e. The molecule has 1 amide bonds. The minimum absolute atomic E-state index is 0.0307. The average Bonchev–Trinajstić information content (AvgIpc) is 2.96. The summed E-state index contributed by atoms with van der Waals surface area (Å²) < 4.78 is 11.0. The highest BCUT2D eigenvalue weighted by Gasteiger charge is 2.28. The molecule has 0 aliphatic carbocycles. The summed E-state index contributed by atoms with van der Waals surface area (Å²) in [7, 11) is 0. The molecule has 0 bridgehead atoms. The number of aromatic nitrogens is 2. The summed E-state index contributed by atoms with van der Waals surface area (Å²) in [6.45, 7) is 1.26. The molecule has 2 atom stereocenters. The number of amides is 1. The molecule has 3 N–H and O–H groups in total. The van der Waals surface area contributed by atoms with Crippen LogP contribution in [0.3, 0.4) is 0 Å². The number of ether oxygens (including phenoxy) is 2. The normalized spacial score (nSPS) is 21.4. The number of para-hydroxylation sites is 2. The first-order valence-corrected chi connectivity index (χ1v) is 7.79. The van der Waals surface area contributed by atoms with Crippen molar-refractivity contribution >= 4 is 16.9 Å². The fourth-order valence-electron chi connectivity index (χ4n) is 2.76. The number of H-pyrrole nitrogens is 1. The van der Waals surface area contributed by atoms with Crippen molar-refractivity contribution in [3.05, 3.63) is 30.1 Å². The second-order valence-corrected chi connectivity index (χ2v) is 5.55. The predicted molar refractivity (Wildman–Crippen MR) is 84.0 cm³/mol. The Bertz CT molecular complexity index is 625. The van der Waals surface area contributed by atoms with Crippen molar-refractivity contribution in [1.29, 1.82) is 0 Å². The summed E-state index contributed by atoms with van der Waals surface area (Å²) >= 11 is 0. The minimum atomic E-state index is -0.202. The summed E-state index contributed by atoms with van der Waals surface area (Å²) in [5.41, 5.74) is 1.76. The number of imidazole rings is 1. The van der Waals surface area contributed by atoms with Crippen LogP contribution in [0.1, 0.15) is 12.2 Å². The third-order valence-corrected chi connectivity index (χ3v) is 3.83. The van der Waals surface area contributed by atoms with Crippen LogP contribution in [0, 0.1) is 0 Å². The van der Waals surface area contributed by atoms with Crippen molar-refractivity contribution in [2.45, 2.75) is 25.0 Å². The number of hydrogen-bond donors (Lipinski definition) is 3. The highest BCUT2D eigenvalue weighted by Crippen LogP contribution is 2.13. The molecule has 124 valence electrons. The van der Waals surface area contributed by atoms with Gasteiger partial charge in [-0.2, -0.15) is 0 Å². The molecule has 1 fully saturated rings. The number of aliphatic hydroxyl groups is 1. The first kappa shape index (κ1) is 15.9. The van der Waals surface area contributed by atoms with Crippen LogP contribution in [0.4, 0.5) is 0 Å². The van der Waals surface area contributed by atoms with Crippen molar-refractivity contribution in [2.24, 2.45) is 0 Å². The maximum atomic E-state index is 12.2. The third-order valence-electron chi connectivity index (χ3n) is 3.83. The van der Waals surface area contributed by atoms with Gasteiger partial charge in [-0.05, 0) is 18.6 Å². The number of aromatic amines is 1. The monoisotopic (exact) mass is 319 g/mol. The maximum absolute atomic E-state index is 12.2. The van der Waals surface area contributed by atoms with E-state index in [-0.39, 0.29) is 37.7 Å². The molecule has 23 heavy (non-hydrogen) atoms. The van der Waals surface area contributed by atoms with Crippen LogP contribution in [0.2, 0.25) is 0 Å². The van der Waals surface area contributed by atoms with Crippen LogP contribution in [0.5, 0.6) is 0 Å². The number of carbonyl (C=O) groups excluding carboxylic acids is 1. The molecule has 0 spiro atoms. The van der Waals surface area contributed by atoms with Gasteiger partial charge >= 0.3 is 0 Å². The molecule has 7 heteroatoms. The lowest BCUT2D eigenvalue weighted by Gasteiger charge is -2.31. The highest BCUT2D eigenvalue weighted by atomic mass is 16.5. The number of nitrogens with zero attached hydrogens (tertiary/aromatic N) is 1. The van der Waals surface area contributed by atoms with E-state index in [4.69, 9.17) is 14.6 Å². The van der Waals surface area contributed by atoms with Crippen molar-refractivity contribution in [1.82, 2.24) is 15.3 Å². The molecular formula is C16H21N3O4. The van der Waals surface area contributed by atoms with Crippen molar-refractivity contribution < 1.29 is 19.4 Å². The quantitative estimate of drug-likeness (QED) is 0.716. The van der Waals surface area contributed by atoms with Gasteiger partial charge in [0.2, 0.25) is 5.91 Å². The highest BCUT2D eigenvalue weighted by molar-refractivity contribution is 5.80. The van der Waals surface area contributed by atoms with Crippen molar-refractivity contribution in [3.8, 4) is 0 Å². The summed E-state index contributed by atoms with van der Waals surface area (Å²) in [5.74, 6) is 0.505. The van der Waals surface area contributed by atoms with Gasteiger partial charge in [0.1, 0.15) is 5.82 Å². The van der Waals surface area contributed by atoms with Crippen LogP contribution in [0.15, 0.2) is 24.3 Å². The molecule has 2 heterocycles. The van der Waals surface area contributed by atoms with Gasteiger partial charge in [0.15, 0.2) is 0 Å². The van der Waals surface area contributed by atoms with E-state index in [1.165, 1.54) is 0 Å². The molecule has 3 rings (SSSR count). The van der Waals surface area contributed by atoms with E-state index in [0.29, 0.717) is 25.5 Å². The van der Waals surface area contributed by atoms with Gasteiger partial charge in [-0.3, -0.25) is 4.79 Å². The van der Waals surface area contributed by atoms with E-state index < -0.39 is 0 Å². The lowest BCUT2D eigenvalue weighted by molar-refractivity contribution is -0.125. The van der Waals surface area contributed by atoms with E-state index in [9.17, 15) is 4.79 Å². The molecule has 1 aromatic carbocycles. The fraction of sp³-hybridized carbons (Fsp3) is 0.500. The molecule has 0 radical (unpaired) electrons. The van der Waals surface area contributed by atoms with E-state index in [1.807, 2.05) is 24.3 Å². The van der Waals surface area contributed by atoms with Gasteiger partial charge in [-0.1, -0.05) is 12.1 Å². The van der Waals surface area contributed by atoms with Gasteiger partial charge in [0.25, 0.3) is 0 Å². The summed E-state index contributed by atoms with van der Waals surface area (Å²) in [6, 6.07) is 7.47. The van der Waals surface area contributed by atoms with Crippen LogP contribution in [0.25, 0.3) is 11.0 Å². The maximum Gasteiger partial charge on any atom is 0.227 e. The zero-order valence-electron chi connectivity index (χ0n) is 12.8. The van der Waals surface area contributed by atoms with Gasteiger partial charge in [0, 0.05) is 6.61 Å². The van der Waals surface area contributed by atoms with Crippen LogP contribution in [-0.2, 0) is 20.7 Å². The Balaban J connectivity index is 1.58. The first-order valence-electron chi connectivity index (χ1n) is 7.79. The molecule has 0 saturated carbocycles. The fourth-order valence-corrected chi connectivity index (χ4v) is 2.76. The van der Waals surface area contributed by atoms with Gasteiger partial charge in [-0.15, -0.1) is 0 Å². The lowest BCUT2D eigenvalue weighted by Crippen LogP contribution is -2.51. The molecule has 0 unspecified atom stereocenters. The second-order valence-electron chi connectivity index (χ2n) is 5.55. The molecular weight excluding hydrogens is 298 g/mol. The summed E-state index contributed by atoms with van der Waals surface area (Å²) in [4.78, 5) is 19.8. The zero-order valence-corrected chi connectivity index (χ0v) is 12.8. The molecule has 1 aliphatic rings. The zero-order chi connectivity index (χ0) is 16.1. The van der Waals surface area contributed by atoms with E-state index in [1.54, 1.807) is 0 Å². The first-order chi connectivity index (χ1) is 11.3. The SMILES string of the molecule is O=C(Cc1nc2ccccc2[nH]1)N[C@H]1COCC[C@H]1OCCO.